The van der Waals surface area contributed by atoms with Crippen LogP contribution in [0.1, 0.15) is 22.8 Å². The lowest BCUT2D eigenvalue weighted by Gasteiger charge is -2.26. The number of hydrogen-bond acceptors (Lipinski definition) is 4. The molecule has 1 aliphatic heterocycles. The monoisotopic (exact) mass is 341 g/mol. The van der Waals surface area contributed by atoms with Crippen molar-refractivity contribution >= 4 is 5.91 Å². The minimum absolute atomic E-state index is 0.0427. The van der Waals surface area contributed by atoms with Crippen molar-refractivity contribution in [3.8, 4) is 11.5 Å². The van der Waals surface area contributed by atoms with Gasteiger partial charge in [-0.2, -0.15) is 0 Å². The molecule has 0 aromatic heterocycles. The van der Waals surface area contributed by atoms with E-state index in [2.05, 4.69) is 17.4 Å². The van der Waals surface area contributed by atoms with Crippen LogP contribution in [0.2, 0.25) is 0 Å². The Balaban J connectivity index is 1.59. The Labute approximate surface area is 147 Å². The summed E-state index contributed by atoms with van der Waals surface area (Å²) in [5.74, 6) is 1.23. The quantitative estimate of drug-likeness (QED) is 0.878. The van der Waals surface area contributed by atoms with Gasteiger partial charge in [-0.3, -0.25) is 4.79 Å². The van der Waals surface area contributed by atoms with Crippen molar-refractivity contribution in [2.45, 2.75) is 18.9 Å². The van der Waals surface area contributed by atoms with Gasteiger partial charge in [0.05, 0.1) is 27.2 Å². The fraction of sp³-hybridized carbons (Fsp3) is 0.350. The Morgan fingerprint density at radius 3 is 2.76 bits per heavy atom. The number of carbonyl (C=O) groups is 1. The number of ether oxygens (including phenoxy) is 3. The largest absolute Gasteiger partial charge is 0.493 e. The maximum atomic E-state index is 12.3. The first-order valence-electron chi connectivity index (χ1n) is 8.38. The fourth-order valence-electron chi connectivity index (χ4n) is 3.09. The van der Waals surface area contributed by atoms with Crippen LogP contribution in [0.5, 0.6) is 11.5 Å². The molecule has 1 aliphatic rings. The smallest absolute Gasteiger partial charge is 0.224 e. The van der Waals surface area contributed by atoms with Crippen molar-refractivity contribution < 1.29 is 19.0 Å². The molecule has 2 aromatic rings. The second kappa shape index (κ2) is 8.03. The van der Waals surface area contributed by atoms with Crippen LogP contribution in [-0.4, -0.2) is 33.3 Å². The zero-order chi connectivity index (χ0) is 17.6. The van der Waals surface area contributed by atoms with E-state index in [9.17, 15) is 4.79 Å². The second-order valence-electron chi connectivity index (χ2n) is 5.98. The lowest BCUT2D eigenvalue weighted by atomic mass is 9.97. The summed E-state index contributed by atoms with van der Waals surface area (Å²) in [5.41, 5.74) is 3.34. The van der Waals surface area contributed by atoms with E-state index in [0.717, 1.165) is 12.0 Å². The van der Waals surface area contributed by atoms with Crippen molar-refractivity contribution in [2.75, 3.05) is 27.4 Å². The Kier molecular flexibility index (Phi) is 5.56. The topological polar surface area (TPSA) is 56.8 Å². The number of fused-ring (bicyclic) bond motifs is 1. The standard InChI is InChI=1S/C20H23NO4/c1-23-17-8-7-14(11-18(17)24-2)12-20(22)21-13-19-16-6-4-3-5-15(16)9-10-25-19/h3-8,11,19H,9-10,12-13H2,1-2H3,(H,21,22)/t19-/m0/s1. The van der Waals surface area contributed by atoms with Gasteiger partial charge in [0, 0.05) is 6.54 Å². The first-order valence-corrected chi connectivity index (χ1v) is 8.38. The highest BCUT2D eigenvalue weighted by Gasteiger charge is 2.21. The van der Waals surface area contributed by atoms with Gasteiger partial charge in [-0.25, -0.2) is 0 Å². The molecule has 0 saturated carbocycles. The highest BCUT2D eigenvalue weighted by Crippen LogP contribution is 2.28. The molecular weight excluding hydrogens is 318 g/mol. The van der Waals surface area contributed by atoms with Crippen molar-refractivity contribution in [1.82, 2.24) is 5.32 Å². The molecule has 1 amide bonds. The van der Waals surface area contributed by atoms with Gasteiger partial charge >= 0.3 is 0 Å². The number of amides is 1. The van der Waals surface area contributed by atoms with Gasteiger partial charge in [-0.15, -0.1) is 0 Å². The van der Waals surface area contributed by atoms with Crippen LogP contribution in [-0.2, 0) is 22.4 Å². The van der Waals surface area contributed by atoms with Crippen LogP contribution in [0.3, 0.4) is 0 Å². The molecule has 1 heterocycles. The average Bonchev–Trinajstić information content (AvgIpc) is 2.66. The first kappa shape index (κ1) is 17.3. The summed E-state index contributed by atoms with van der Waals surface area (Å²) in [5, 5.41) is 2.97. The summed E-state index contributed by atoms with van der Waals surface area (Å²) in [6.45, 7) is 1.16. The Morgan fingerprint density at radius 2 is 1.96 bits per heavy atom. The van der Waals surface area contributed by atoms with Crippen molar-refractivity contribution in [3.63, 3.8) is 0 Å². The maximum Gasteiger partial charge on any atom is 0.224 e. The number of rotatable bonds is 6. The highest BCUT2D eigenvalue weighted by molar-refractivity contribution is 5.78. The van der Waals surface area contributed by atoms with Crippen LogP contribution in [0.25, 0.3) is 0 Å². The predicted octanol–water partition coefficient (Wildman–Crippen LogP) is 2.68. The molecule has 0 unspecified atom stereocenters. The average molecular weight is 341 g/mol. The molecule has 5 nitrogen and oxygen atoms in total. The highest BCUT2D eigenvalue weighted by atomic mass is 16.5. The lowest BCUT2D eigenvalue weighted by molar-refractivity contribution is -0.121. The molecular formula is C20H23NO4. The van der Waals surface area contributed by atoms with E-state index < -0.39 is 0 Å². The minimum Gasteiger partial charge on any atom is -0.493 e. The summed E-state index contributed by atoms with van der Waals surface area (Å²) in [6.07, 6.45) is 1.13. The molecule has 2 aromatic carbocycles. The van der Waals surface area contributed by atoms with Crippen molar-refractivity contribution in [2.24, 2.45) is 0 Å². The molecule has 0 aliphatic carbocycles. The van der Waals surface area contributed by atoms with E-state index in [-0.39, 0.29) is 18.4 Å². The van der Waals surface area contributed by atoms with Gasteiger partial charge in [0.1, 0.15) is 6.10 Å². The first-order chi connectivity index (χ1) is 12.2. The number of carbonyl (C=O) groups excluding carboxylic acids is 1. The molecule has 5 heteroatoms. The predicted molar refractivity (Wildman–Crippen MR) is 95.1 cm³/mol. The summed E-state index contributed by atoms with van der Waals surface area (Å²) >= 11 is 0. The van der Waals surface area contributed by atoms with Gasteiger partial charge in [-0.1, -0.05) is 30.3 Å². The molecule has 0 fully saturated rings. The third-order valence-corrected chi connectivity index (χ3v) is 4.39. The third kappa shape index (κ3) is 4.12. The zero-order valence-electron chi connectivity index (χ0n) is 14.6. The Bertz CT molecular complexity index is 744. The zero-order valence-corrected chi connectivity index (χ0v) is 14.6. The Morgan fingerprint density at radius 1 is 1.16 bits per heavy atom. The summed E-state index contributed by atoms with van der Waals surface area (Å²) < 4.78 is 16.3. The van der Waals surface area contributed by atoms with Crippen LogP contribution < -0.4 is 14.8 Å². The molecule has 3 rings (SSSR count). The molecule has 132 valence electrons. The van der Waals surface area contributed by atoms with Gasteiger partial charge in [0.25, 0.3) is 0 Å². The summed E-state index contributed by atoms with van der Waals surface area (Å²) in [4.78, 5) is 12.3. The summed E-state index contributed by atoms with van der Waals surface area (Å²) in [7, 11) is 3.17. The van der Waals surface area contributed by atoms with Crippen LogP contribution in [0, 0.1) is 0 Å². The number of nitrogens with one attached hydrogen (secondary N) is 1. The van der Waals surface area contributed by atoms with Crippen molar-refractivity contribution in [3.05, 3.63) is 59.2 Å². The lowest BCUT2D eigenvalue weighted by Crippen LogP contribution is -2.32. The van der Waals surface area contributed by atoms with E-state index in [0.29, 0.717) is 24.7 Å². The van der Waals surface area contributed by atoms with Gasteiger partial charge < -0.3 is 19.5 Å². The maximum absolute atomic E-state index is 12.3. The van der Waals surface area contributed by atoms with E-state index in [1.54, 1.807) is 14.2 Å². The van der Waals surface area contributed by atoms with E-state index in [1.165, 1.54) is 11.1 Å². The molecule has 25 heavy (non-hydrogen) atoms. The third-order valence-electron chi connectivity index (χ3n) is 4.39. The van der Waals surface area contributed by atoms with Crippen LogP contribution in [0.4, 0.5) is 0 Å². The summed E-state index contributed by atoms with van der Waals surface area (Å²) in [6, 6.07) is 13.7. The molecule has 1 N–H and O–H groups in total. The number of hydrogen-bond donors (Lipinski definition) is 1. The fourth-order valence-corrected chi connectivity index (χ4v) is 3.09. The van der Waals surface area contributed by atoms with Crippen LogP contribution >= 0.6 is 0 Å². The number of methoxy groups -OCH3 is 2. The molecule has 0 saturated heterocycles. The van der Waals surface area contributed by atoms with E-state index in [1.807, 2.05) is 30.3 Å². The second-order valence-corrected chi connectivity index (χ2v) is 5.98. The Hall–Kier alpha value is -2.53. The van der Waals surface area contributed by atoms with Crippen LogP contribution in [0.15, 0.2) is 42.5 Å². The minimum atomic E-state index is -0.0840. The SMILES string of the molecule is COc1ccc(CC(=O)NC[C@@H]2OCCc3ccccc32)cc1OC. The van der Waals surface area contributed by atoms with Gasteiger partial charge in [0.15, 0.2) is 11.5 Å². The van der Waals surface area contributed by atoms with Crippen molar-refractivity contribution in [1.29, 1.82) is 0 Å². The van der Waals surface area contributed by atoms with Gasteiger partial charge in [-0.05, 0) is 35.2 Å². The molecule has 0 bridgehead atoms. The van der Waals surface area contributed by atoms with Gasteiger partial charge in [0.2, 0.25) is 5.91 Å². The normalized spacial score (nSPS) is 16.0. The molecule has 0 radical (unpaired) electrons. The molecule has 1 atom stereocenters. The van der Waals surface area contributed by atoms with E-state index >= 15 is 0 Å². The number of benzene rings is 2. The molecule has 0 spiro atoms. The van der Waals surface area contributed by atoms with E-state index in [4.69, 9.17) is 14.2 Å².